The lowest BCUT2D eigenvalue weighted by Gasteiger charge is -2.42. The first-order valence-electron chi connectivity index (χ1n) is 9.87. The second-order valence-corrected chi connectivity index (χ2v) is 9.36. The Morgan fingerprint density at radius 2 is 1.41 bits per heavy atom. The van der Waals surface area contributed by atoms with Crippen LogP contribution in [0.3, 0.4) is 0 Å². The first kappa shape index (κ1) is 18.0. The molecule has 0 amide bonds. The van der Waals surface area contributed by atoms with Gasteiger partial charge in [-0.15, -0.1) is 0 Å². The standard InChI is InChI=1S/C26H28O/c1-17-21(16-27)7-6-20-14-18(8-10-22(17)20)19-9-11-23-24(15-19)26(4,5)13-12-25(23,2)3/h6-11,14-16H,12-13H2,1-5H3. The van der Waals surface area contributed by atoms with Crippen molar-refractivity contribution >= 4 is 17.1 Å². The van der Waals surface area contributed by atoms with Gasteiger partial charge < -0.3 is 0 Å². The summed E-state index contributed by atoms with van der Waals surface area (Å²) in [4.78, 5) is 11.2. The Morgan fingerprint density at radius 1 is 0.778 bits per heavy atom. The molecular weight excluding hydrogens is 328 g/mol. The van der Waals surface area contributed by atoms with Crippen molar-refractivity contribution in [1.82, 2.24) is 0 Å². The van der Waals surface area contributed by atoms with Crippen LogP contribution < -0.4 is 0 Å². The summed E-state index contributed by atoms with van der Waals surface area (Å²) < 4.78 is 0. The van der Waals surface area contributed by atoms with E-state index in [1.54, 1.807) is 0 Å². The second kappa shape index (κ2) is 6.05. The van der Waals surface area contributed by atoms with Crippen LogP contribution in [0, 0.1) is 6.92 Å². The summed E-state index contributed by atoms with van der Waals surface area (Å²) in [7, 11) is 0. The highest BCUT2D eigenvalue weighted by Crippen LogP contribution is 2.46. The third-order valence-electron chi connectivity index (χ3n) is 6.64. The number of aldehydes is 1. The van der Waals surface area contributed by atoms with Gasteiger partial charge in [-0.1, -0.05) is 70.2 Å². The maximum absolute atomic E-state index is 11.2. The quantitative estimate of drug-likeness (QED) is 0.453. The maximum atomic E-state index is 11.2. The van der Waals surface area contributed by atoms with Crippen LogP contribution >= 0.6 is 0 Å². The minimum absolute atomic E-state index is 0.215. The Balaban J connectivity index is 1.86. The fraction of sp³-hybridized carbons (Fsp3) is 0.346. The van der Waals surface area contributed by atoms with Gasteiger partial charge in [0, 0.05) is 5.56 Å². The summed E-state index contributed by atoms with van der Waals surface area (Å²) in [5.41, 5.74) is 7.79. The molecule has 3 aromatic carbocycles. The van der Waals surface area contributed by atoms with Crippen LogP contribution in [0.4, 0.5) is 0 Å². The summed E-state index contributed by atoms with van der Waals surface area (Å²) in [6.07, 6.45) is 3.40. The number of hydrogen-bond acceptors (Lipinski definition) is 1. The fourth-order valence-corrected chi connectivity index (χ4v) is 4.58. The normalized spacial score (nSPS) is 17.5. The molecule has 3 aromatic rings. The van der Waals surface area contributed by atoms with Gasteiger partial charge in [-0.3, -0.25) is 4.79 Å². The van der Waals surface area contributed by atoms with Gasteiger partial charge in [-0.2, -0.15) is 0 Å². The Bertz CT molecular complexity index is 1050. The van der Waals surface area contributed by atoms with E-state index in [0.29, 0.717) is 0 Å². The molecule has 0 bridgehead atoms. The van der Waals surface area contributed by atoms with Crippen molar-refractivity contribution in [3.63, 3.8) is 0 Å². The molecule has 0 spiro atoms. The minimum Gasteiger partial charge on any atom is -0.298 e. The molecule has 1 aliphatic carbocycles. The molecule has 138 valence electrons. The molecule has 0 N–H and O–H groups in total. The van der Waals surface area contributed by atoms with E-state index in [2.05, 4.69) is 70.2 Å². The molecule has 0 saturated heterocycles. The number of aryl methyl sites for hydroxylation is 1. The third kappa shape index (κ3) is 2.90. The van der Waals surface area contributed by atoms with Crippen molar-refractivity contribution in [3.05, 3.63) is 70.8 Å². The zero-order valence-electron chi connectivity index (χ0n) is 17.0. The monoisotopic (exact) mass is 356 g/mol. The Labute approximate surface area is 162 Å². The lowest BCUT2D eigenvalue weighted by atomic mass is 9.63. The molecule has 27 heavy (non-hydrogen) atoms. The van der Waals surface area contributed by atoms with Crippen LogP contribution in [0.2, 0.25) is 0 Å². The molecule has 0 radical (unpaired) electrons. The number of hydrogen-bond donors (Lipinski definition) is 0. The summed E-state index contributed by atoms with van der Waals surface area (Å²) in [6, 6.07) is 17.6. The molecule has 0 aliphatic heterocycles. The maximum Gasteiger partial charge on any atom is 0.150 e. The van der Waals surface area contributed by atoms with Crippen molar-refractivity contribution in [2.24, 2.45) is 0 Å². The van der Waals surface area contributed by atoms with Crippen LogP contribution in [0.15, 0.2) is 48.5 Å². The third-order valence-corrected chi connectivity index (χ3v) is 6.64. The highest BCUT2D eigenvalue weighted by molar-refractivity contribution is 5.95. The van der Waals surface area contributed by atoms with Gasteiger partial charge >= 0.3 is 0 Å². The van der Waals surface area contributed by atoms with Gasteiger partial charge in [0.2, 0.25) is 0 Å². The summed E-state index contributed by atoms with van der Waals surface area (Å²) in [6.45, 7) is 11.5. The zero-order valence-corrected chi connectivity index (χ0v) is 17.0. The van der Waals surface area contributed by atoms with E-state index in [1.807, 2.05) is 13.0 Å². The molecular formula is C26H28O. The lowest BCUT2D eigenvalue weighted by molar-refractivity contribution is 0.112. The SMILES string of the molecule is Cc1c(C=O)ccc2cc(-c3ccc4c(c3)C(C)(C)CCC4(C)C)ccc12. The van der Waals surface area contributed by atoms with Crippen molar-refractivity contribution in [3.8, 4) is 11.1 Å². The number of carbonyl (C=O) groups is 1. The molecule has 0 atom stereocenters. The van der Waals surface area contributed by atoms with Crippen LogP contribution in [-0.4, -0.2) is 6.29 Å². The van der Waals surface area contributed by atoms with Crippen LogP contribution in [-0.2, 0) is 10.8 Å². The predicted octanol–water partition coefficient (Wildman–Crippen LogP) is 6.98. The molecule has 0 heterocycles. The van der Waals surface area contributed by atoms with Crippen LogP contribution in [0.5, 0.6) is 0 Å². The van der Waals surface area contributed by atoms with Gasteiger partial charge in [-0.05, 0) is 75.3 Å². The van der Waals surface area contributed by atoms with Crippen LogP contribution in [0.1, 0.15) is 67.6 Å². The van der Waals surface area contributed by atoms with E-state index < -0.39 is 0 Å². The number of rotatable bonds is 2. The topological polar surface area (TPSA) is 17.1 Å². The molecule has 0 unspecified atom stereocenters. The smallest absolute Gasteiger partial charge is 0.150 e. The summed E-state index contributed by atoms with van der Waals surface area (Å²) in [5.74, 6) is 0. The molecule has 0 fully saturated rings. The van der Waals surface area contributed by atoms with E-state index in [0.717, 1.165) is 22.8 Å². The van der Waals surface area contributed by atoms with Crippen molar-refractivity contribution < 1.29 is 4.79 Å². The minimum atomic E-state index is 0.215. The van der Waals surface area contributed by atoms with Gasteiger partial charge in [-0.25, -0.2) is 0 Å². The first-order chi connectivity index (χ1) is 12.7. The second-order valence-electron chi connectivity index (χ2n) is 9.36. The average Bonchev–Trinajstić information content (AvgIpc) is 2.65. The molecule has 1 heteroatoms. The van der Waals surface area contributed by atoms with Gasteiger partial charge in [0.15, 0.2) is 0 Å². The lowest BCUT2D eigenvalue weighted by Crippen LogP contribution is -2.33. The molecule has 0 saturated carbocycles. The Kier molecular flexibility index (Phi) is 4.03. The van der Waals surface area contributed by atoms with Gasteiger partial charge in [0.1, 0.15) is 6.29 Å². The predicted molar refractivity (Wildman–Crippen MR) is 115 cm³/mol. The molecule has 4 rings (SSSR count). The largest absolute Gasteiger partial charge is 0.298 e. The van der Waals surface area contributed by atoms with E-state index in [1.165, 1.54) is 40.5 Å². The summed E-state index contributed by atoms with van der Waals surface area (Å²) >= 11 is 0. The molecule has 0 aromatic heterocycles. The number of carbonyl (C=O) groups excluding carboxylic acids is 1. The average molecular weight is 357 g/mol. The highest BCUT2D eigenvalue weighted by Gasteiger charge is 2.36. The van der Waals surface area contributed by atoms with Crippen molar-refractivity contribution in [2.75, 3.05) is 0 Å². The molecule has 1 nitrogen and oxygen atoms in total. The van der Waals surface area contributed by atoms with Crippen LogP contribution in [0.25, 0.3) is 21.9 Å². The van der Waals surface area contributed by atoms with E-state index in [9.17, 15) is 4.79 Å². The van der Waals surface area contributed by atoms with Crippen molar-refractivity contribution in [1.29, 1.82) is 0 Å². The summed E-state index contributed by atoms with van der Waals surface area (Å²) in [5, 5.41) is 2.34. The Morgan fingerprint density at radius 3 is 2.11 bits per heavy atom. The number of fused-ring (bicyclic) bond motifs is 2. The zero-order chi connectivity index (χ0) is 19.4. The highest BCUT2D eigenvalue weighted by atomic mass is 16.1. The molecule has 1 aliphatic rings. The van der Waals surface area contributed by atoms with Gasteiger partial charge in [0.05, 0.1) is 0 Å². The van der Waals surface area contributed by atoms with E-state index in [4.69, 9.17) is 0 Å². The fourth-order valence-electron chi connectivity index (χ4n) is 4.58. The number of benzene rings is 3. The first-order valence-corrected chi connectivity index (χ1v) is 9.87. The van der Waals surface area contributed by atoms with Crippen molar-refractivity contribution in [2.45, 2.75) is 58.3 Å². The van der Waals surface area contributed by atoms with E-state index >= 15 is 0 Å². The van der Waals surface area contributed by atoms with E-state index in [-0.39, 0.29) is 10.8 Å². The Hall–Kier alpha value is -2.41. The van der Waals surface area contributed by atoms with Gasteiger partial charge in [0.25, 0.3) is 0 Å².